The van der Waals surface area contributed by atoms with Crippen LogP contribution in [-0.4, -0.2) is 61.7 Å². The molecule has 0 radical (unpaired) electrons. The summed E-state index contributed by atoms with van der Waals surface area (Å²) in [5.74, 6) is -3.94. The summed E-state index contributed by atoms with van der Waals surface area (Å²) in [5, 5.41) is 49.8. The lowest BCUT2D eigenvalue weighted by Crippen LogP contribution is -2.70. The molecular weight excluding hydrogens is 304 g/mol. The van der Waals surface area contributed by atoms with Crippen LogP contribution >= 0.6 is 0 Å². The van der Waals surface area contributed by atoms with Crippen LogP contribution in [0.15, 0.2) is 24.3 Å². The van der Waals surface area contributed by atoms with E-state index in [4.69, 9.17) is 9.84 Å². The quantitative estimate of drug-likeness (QED) is 0.440. The average molecular weight is 330 g/mol. The van der Waals surface area contributed by atoms with Gasteiger partial charge in [-0.25, -0.2) is 4.79 Å². The van der Waals surface area contributed by atoms with Crippen molar-refractivity contribution >= 4 is 5.97 Å². The van der Waals surface area contributed by atoms with Crippen molar-refractivity contribution in [2.45, 2.75) is 63.8 Å². The van der Waals surface area contributed by atoms with Gasteiger partial charge in [0.1, 0.15) is 18.3 Å². The number of allylic oxidation sites excluding steroid dienone is 2. The summed E-state index contributed by atoms with van der Waals surface area (Å²) in [7, 11) is 0. The van der Waals surface area contributed by atoms with Crippen molar-refractivity contribution in [3.63, 3.8) is 0 Å². The van der Waals surface area contributed by atoms with Crippen LogP contribution in [0.25, 0.3) is 0 Å². The van der Waals surface area contributed by atoms with Crippen molar-refractivity contribution in [1.82, 2.24) is 0 Å². The van der Waals surface area contributed by atoms with Crippen LogP contribution in [-0.2, 0) is 9.53 Å². The molecule has 1 heterocycles. The third kappa shape index (κ3) is 3.64. The maximum atomic E-state index is 11.2. The number of aliphatic carboxylic acids is 1. The Morgan fingerprint density at radius 2 is 1.87 bits per heavy atom. The van der Waals surface area contributed by atoms with Gasteiger partial charge < -0.3 is 30.3 Å². The lowest BCUT2D eigenvalue weighted by atomic mass is 9.71. The third-order valence-corrected chi connectivity index (χ3v) is 4.42. The zero-order chi connectivity index (χ0) is 18.0. The number of carboxylic acids is 1. The molecule has 1 aliphatic heterocycles. The second kappa shape index (κ2) is 7.11. The average Bonchev–Trinajstić information content (AvgIpc) is 2.47. The number of aliphatic hydroxyl groups excluding tert-OH is 3. The summed E-state index contributed by atoms with van der Waals surface area (Å²) in [6, 6.07) is 0. The Bertz CT molecular complexity index is 485. The van der Waals surface area contributed by atoms with E-state index in [-0.39, 0.29) is 0 Å². The minimum Gasteiger partial charge on any atom is -0.479 e. The molecule has 0 amide bonds. The van der Waals surface area contributed by atoms with E-state index in [2.05, 4.69) is 6.58 Å². The van der Waals surface area contributed by atoms with Crippen LogP contribution in [0.5, 0.6) is 0 Å². The van der Waals surface area contributed by atoms with Gasteiger partial charge in [-0.1, -0.05) is 24.6 Å². The number of hydrogen-bond donors (Lipinski definition) is 5. The summed E-state index contributed by atoms with van der Waals surface area (Å²) in [5.41, 5.74) is -0.180. The van der Waals surface area contributed by atoms with E-state index < -0.39 is 41.6 Å². The van der Waals surface area contributed by atoms with Gasteiger partial charge in [0.05, 0.1) is 0 Å². The van der Waals surface area contributed by atoms with Crippen molar-refractivity contribution in [3.05, 3.63) is 24.3 Å². The van der Waals surface area contributed by atoms with Gasteiger partial charge in [0.2, 0.25) is 5.79 Å². The molecule has 0 aromatic rings. The highest BCUT2D eigenvalue weighted by Gasteiger charge is 2.61. The topological polar surface area (TPSA) is 127 Å². The summed E-state index contributed by atoms with van der Waals surface area (Å²) in [6.07, 6.45) is -3.36. The molecular formula is C16H26O7. The molecule has 7 heteroatoms. The summed E-state index contributed by atoms with van der Waals surface area (Å²) >= 11 is 0. The van der Waals surface area contributed by atoms with Crippen molar-refractivity contribution in [3.8, 4) is 0 Å². The second-order valence-electron chi connectivity index (χ2n) is 6.44. The Kier molecular flexibility index (Phi) is 6.12. The zero-order valence-corrected chi connectivity index (χ0v) is 13.6. The third-order valence-electron chi connectivity index (χ3n) is 4.42. The molecule has 132 valence electrons. The van der Waals surface area contributed by atoms with E-state index in [1.807, 2.05) is 19.9 Å². The lowest BCUT2D eigenvalue weighted by molar-refractivity contribution is -0.373. The molecule has 1 fully saturated rings. The summed E-state index contributed by atoms with van der Waals surface area (Å²) < 4.78 is 5.15. The lowest BCUT2D eigenvalue weighted by Gasteiger charge is -2.52. The molecule has 1 saturated heterocycles. The van der Waals surface area contributed by atoms with E-state index in [0.29, 0.717) is 12.8 Å². The highest BCUT2D eigenvalue weighted by atomic mass is 16.7. The van der Waals surface area contributed by atoms with Crippen LogP contribution in [0.2, 0.25) is 0 Å². The van der Waals surface area contributed by atoms with Gasteiger partial charge in [-0.2, -0.15) is 0 Å². The molecule has 0 bridgehead atoms. The second-order valence-corrected chi connectivity index (χ2v) is 6.44. The van der Waals surface area contributed by atoms with Crippen LogP contribution in [0.4, 0.5) is 0 Å². The highest BCUT2D eigenvalue weighted by Crippen LogP contribution is 2.45. The Balaban J connectivity index is 3.18. The fourth-order valence-corrected chi connectivity index (χ4v) is 2.69. The summed E-state index contributed by atoms with van der Waals surface area (Å²) in [4.78, 5) is 11.2. The molecule has 0 saturated carbocycles. The molecule has 1 aliphatic rings. The first-order valence-electron chi connectivity index (χ1n) is 7.44. The number of rotatable bonds is 6. The van der Waals surface area contributed by atoms with E-state index in [1.165, 1.54) is 6.08 Å². The van der Waals surface area contributed by atoms with Crippen LogP contribution in [0, 0.1) is 5.41 Å². The van der Waals surface area contributed by atoms with E-state index in [9.17, 15) is 25.2 Å². The molecule has 7 nitrogen and oxygen atoms in total. The monoisotopic (exact) mass is 330 g/mol. The Hall–Kier alpha value is -1.25. The van der Waals surface area contributed by atoms with Crippen molar-refractivity contribution in [2.24, 2.45) is 5.41 Å². The van der Waals surface area contributed by atoms with Gasteiger partial charge in [0.25, 0.3) is 0 Å². The van der Waals surface area contributed by atoms with Gasteiger partial charge in [-0.15, -0.1) is 6.58 Å². The zero-order valence-electron chi connectivity index (χ0n) is 13.6. The number of aliphatic hydroxyl groups is 4. The van der Waals surface area contributed by atoms with E-state index in [1.54, 1.807) is 6.92 Å². The predicted molar refractivity (Wildman–Crippen MR) is 82.4 cm³/mol. The van der Waals surface area contributed by atoms with Crippen molar-refractivity contribution in [2.75, 3.05) is 0 Å². The predicted octanol–water partition coefficient (Wildman–Crippen LogP) is 0.180. The van der Waals surface area contributed by atoms with Crippen LogP contribution < -0.4 is 0 Å². The largest absolute Gasteiger partial charge is 0.479 e. The summed E-state index contributed by atoms with van der Waals surface area (Å²) in [6.45, 7) is 9.00. The van der Waals surface area contributed by atoms with E-state index in [0.717, 1.165) is 5.57 Å². The Morgan fingerprint density at radius 1 is 1.30 bits per heavy atom. The van der Waals surface area contributed by atoms with Gasteiger partial charge in [0.15, 0.2) is 6.10 Å². The first-order valence-corrected chi connectivity index (χ1v) is 7.44. The fourth-order valence-electron chi connectivity index (χ4n) is 2.69. The number of carbonyl (C=O) groups is 1. The number of carboxylic acid groups (broad SMARTS) is 1. The van der Waals surface area contributed by atoms with E-state index >= 15 is 0 Å². The standard InChI is InChI=1S/C16H26O7/c1-5-15(4,8-6-7-9(2)3)16(22)13(19)11(18)10(17)12(23-16)14(20)21/h5,7,10-13,17-19,22H,1,6,8H2,2-4H3,(H,20,21)/t10-,11-,12-,13+,15?,16?/m0/s1. The normalized spacial score (nSPS) is 36.8. The molecule has 0 aromatic heterocycles. The first-order chi connectivity index (χ1) is 10.5. The maximum absolute atomic E-state index is 11.2. The number of ether oxygens (including phenoxy) is 1. The Labute approximate surface area is 135 Å². The maximum Gasteiger partial charge on any atom is 0.335 e. The molecule has 6 atom stereocenters. The smallest absolute Gasteiger partial charge is 0.335 e. The fraction of sp³-hybridized carbons (Fsp3) is 0.688. The van der Waals surface area contributed by atoms with Gasteiger partial charge >= 0.3 is 5.97 Å². The van der Waals surface area contributed by atoms with Gasteiger partial charge in [-0.3, -0.25) is 0 Å². The molecule has 0 aliphatic carbocycles. The molecule has 0 spiro atoms. The van der Waals surface area contributed by atoms with Gasteiger partial charge in [-0.05, 0) is 26.7 Å². The van der Waals surface area contributed by atoms with Crippen LogP contribution in [0.1, 0.15) is 33.6 Å². The molecule has 1 rings (SSSR count). The molecule has 2 unspecified atom stereocenters. The SMILES string of the molecule is C=CC(C)(CCC=C(C)C)C1(O)O[C@H](C(=O)O)[C@@H](O)[C@H](O)[C@H]1O. The van der Waals surface area contributed by atoms with Crippen molar-refractivity contribution < 1.29 is 35.1 Å². The minimum absolute atomic E-state index is 0.296. The molecule has 23 heavy (non-hydrogen) atoms. The highest BCUT2D eigenvalue weighted by molar-refractivity contribution is 5.73. The number of hydrogen-bond acceptors (Lipinski definition) is 6. The van der Waals surface area contributed by atoms with Gasteiger partial charge in [0, 0.05) is 5.41 Å². The van der Waals surface area contributed by atoms with Crippen molar-refractivity contribution in [1.29, 1.82) is 0 Å². The first kappa shape index (κ1) is 19.8. The molecule has 5 N–H and O–H groups in total. The molecule has 0 aromatic carbocycles. The Morgan fingerprint density at radius 3 is 2.30 bits per heavy atom. The minimum atomic E-state index is -2.40. The van der Waals surface area contributed by atoms with Crippen LogP contribution in [0.3, 0.4) is 0 Å².